The number of nitrogens with zero attached hydrogens (tertiary/aromatic N) is 2. The molecule has 0 amide bonds. The predicted molar refractivity (Wildman–Crippen MR) is 62.9 cm³/mol. The third kappa shape index (κ3) is 2.07. The Bertz CT molecular complexity index is 221. The van der Waals surface area contributed by atoms with Gasteiger partial charge in [0.15, 0.2) is 0 Å². The zero-order valence-electron chi connectivity index (χ0n) is 10.2. The van der Waals surface area contributed by atoms with Crippen LogP contribution in [0.2, 0.25) is 0 Å². The molecule has 1 aliphatic carbocycles. The summed E-state index contributed by atoms with van der Waals surface area (Å²) in [7, 11) is 0. The van der Waals surface area contributed by atoms with E-state index < -0.39 is 0 Å². The molecular weight excluding hydrogens is 184 g/mol. The highest BCUT2D eigenvalue weighted by Gasteiger charge is 2.43. The van der Waals surface area contributed by atoms with Gasteiger partial charge in [-0.1, -0.05) is 13.8 Å². The zero-order valence-corrected chi connectivity index (χ0v) is 10.2. The molecule has 2 atom stereocenters. The van der Waals surface area contributed by atoms with Crippen LogP contribution in [0.25, 0.3) is 0 Å². The molecule has 2 aliphatic heterocycles. The van der Waals surface area contributed by atoms with Gasteiger partial charge in [-0.2, -0.15) is 0 Å². The van der Waals surface area contributed by atoms with Crippen LogP contribution in [0.3, 0.4) is 0 Å². The van der Waals surface area contributed by atoms with Crippen LogP contribution in [0.4, 0.5) is 0 Å². The topological polar surface area (TPSA) is 6.48 Å². The lowest BCUT2D eigenvalue weighted by Crippen LogP contribution is -2.31. The van der Waals surface area contributed by atoms with Crippen molar-refractivity contribution in [2.45, 2.75) is 32.7 Å². The highest BCUT2D eigenvalue weighted by atomic mass is 15.3. The molecule has 0 radical (unpaired) electrons. The van der Waals surface area contributed by atoms with Gasteiger partial charge < -0.3 is 4.90 Å². The Balaban J connectivity index is 1.52. The summed E-state index contributed by atoms with van der Waals surface area (Å²) in [4.78, 5) is 5.46. The molecule has 2 unspecified atom stereocenters. The average molecular weight is 208 g/mol. The van der Waals surface area contributed by atoms with E-state index in [1.54, 1.807) is 0 Å². The van der Waals surface area contributed by atoms with Gasteiger partial charge in [-0.3, -0.25) is 4.90 Å². The van der Waals surface area contributed by atoms with E-state index >= 15 is 0 Å². The van der Waals surface area contributed by atoms with E-state index in [0.29, 0.717) is 0 Å². The molecule has 3 aliphatic rings. The Kier molecular flexibility index (Phi) is 2.52. The molecule has 2 heteroatoms. The number of hydrogen-bond acceptors (Lipinski definition) is 2. The van der Waals surface area contributed by atoms with Crippen LogP contribution in [0.15, 0.2) is 0 Å². The number of rotatable bonds is 3. The Hall–Kier alpha value is -0.0800. The van der Waals surface area contributed by atoms with Crippen molar-refractivity contribution in [2.75, 3.05) is 32.7 Å². The van der Waals surface area contributed by atoms with Gasteiger partial charge in [0, 0.05) is 38.8 Å². The molecule has 3 rings (SSSR count). The third-order valence-corrected chi connectivity index (χ3v) is 4.28. The molecule has 2 saturated heterocycles. The number of fused-ring (bicyclic) bond motifs is 1. The number of hydrogen-bond donors (Lipinski definition) is 0. The molecule has 3 fully saturated rings. The highest BCUT2D eigenvalue weighted by molar-refractivity contribution is 4.98. The Morgan fingerprint density at radius 1 is 1.00 bits per heavy atom. The summed E-state index contributed by atoms with van der Waals surface area (Å²) in [6.45, 7) is 11.6. The molecule has 0 aromatic carbocycles. The van der Waals surface area contributed by atoms with Crippen molar-refractivity contribution in [1.82, 2.24) is 9.80 Å². The molecule has 86 valence electrons. The maximum atomic E-state index is 2.77. The van der Waals surface area contributed by atoms with E-state index in [9.17, 15) is 0 Å². The van der Waals surface area contributed by atoms with Crippen molar-refractivity contribution in [3.8, 4) is 0 Å². The van der Waals surface area contributed by atoms with Gasteiger partial charge in [0.1, 0.15) is 0 Å². The second kappa shape index (κ2) is 3.74. The second-order valence-electron chi connectivity index (χ2n) is 6.32. The normalized spacial score (nSPS) is 37.8. The SMILES string of the molecule is CC(C)CN1CC2CN(C3CC3)CC2C1. The first kappa shape index (κ1) is 10.1. The van der Waals surface area contributed by atoms with Gasteiger partial charge in [0.05, 0.1) is 0 Å². The number of likely N-dealkylation sites (tertiary alicyclic amines) is 2. The summed E-state index contributed by atoms with van der Waals surface area (Å²) in [5.41, 5.74) is 0. The molecule has 0 aromatic heterocycles. The summed E-state index contributed by atoms with van der Waals surface area (Å²) in [6.07, 6.45) is 2.96. The van der Waals surface area contributed by atoms with Crippen molar-refractivity contribution >= 4 is 0 Å². The van der Waals surface area contributed by atoms with Crippen molar-refractivity contribution in [1.29, 1.82) is 0 Å². The summed E-state index contributed by atoms with van der Waals surface area (Å²) in [6, 6.07) is 0.995. The summed E-state index contributed by atoms with van der Waals surface area (Å²) in [5, 5.41) is 0. The van der Waals surface area contributed by atoms with Crippen LogP contribution < -0.4 is 0 Å². The van der Waals surface area contributed by atoms with Crippen LogP contribution in [-0.4, -0.2) is 48.6 Å². The van der Waals surface area contributed by atoms with E-state index in [2.05, 4.69) is 23.6 Å². The first-order valence-electron chi connectivity index (χ1n) is 6.69. The van der Waals surface area contributed by atoms with E-state index in [-0.39, 0.29) is 0 Å². The molecule has 0 aromatic rings. The summed E-state index contributed by atoms with van der Waals surface area (Å²) >= 11 is 0. The lowest BCUT2D eigenvalue weighted by Gasteiger charge is -2.22. The van der Waals surface area contributed by atoms with Crippen molar-refractivity contribution in [3.05, 3.63) is 0 Å². The quantitative estimate of drug-likeness (QED) is 0.696. The van der Waals surface area contributed by atoms with Gasteiger partial charge in [0.2, 0.25) is 0 Å². The van der Waals surface area contributed by atoms with Crippen molar-refractivity contribution in [2.24, 2.45) is 17.8 Å². The maximum Gasteiger partial charge on any atom is 0.00966 e. The average Bonchev–Trinajstić information content (AvgIpc) is 2.81. The van der Waals surface area contributed by atoms with Crippen LogP contribution >= 0.6 is 0 Å². The van der Waals surface area contributed by atoms with E-state index in [0.717, 1.165) is 23.8 Å². The third-order valence-electron chi connectivity index (χ3n) is 4.28. The van der Waals surface area contributed by atoms with Crippen LogP contribution in [-0.2, 0) is 0 Å². The minimum absolute atomic E-state index is 0.836. The Morgan fingerprint density at radius 2 is 1.60 bits per heavy atom. The van der Waals surface area contributed by atoms with Crippen LogP contribution in [0.5, 0.6) is 0 Å². The molecule has 2 nitrogen and oxygen atoms in total. The lowest BCUT2D eigenvalue weighted by molar-refractivity contribution is 0.234. The molecule has 0 N–H and O–H groups in total. The van der Waals surface area contributed by atoms with Gasteiger partial charge >= 0.3 is 0 Å². The van der Waals surface area contributed by atoms with Gasteiger partial charge in [-0.25, -0.2) is 0 Å². The molecule has 0 bridgehead atoms. The minimum atomic E-state index is 0.836. The predicted octanol–water partition coefficient (Wildman–Crippen LogP) is 1.67. The van der Waals surface area contributed by atoms with E-state index in [1.165, 1.54) is 45.6 Å². The molecule has 1 saturated carbocycles. The van der Waals surface area contributed by atoms with E-state index in [1.807, 2.05) is 0 Å². The molecule has 0 spiro atoms. The molecule has 2 heterocycles. The summed E-state index contributed by atoms with van der Waals surface area (Å²) in [5.74, 6) is 2.84. The zero-order chi connectivity index (χ0) is 10.4. The van der Waals surface area contributed by atoms with Gasteiger partial charge in [-0.15, -0.1) is 0 Å². The fraction of sp³-hybridized carbons (Fsp3) is 1.00. The van der Waals surface area contributed by atoms with Gasteiger partial charge in [-0.05, 0) is 30.6 Å². The largest absolute Gasteiger partial charge is 0.302 e. The fourth-order valence-electron chi connectivity index (χ4n) is 3.53. The maximum absolute atomic E-state index is 2.77. The second-order valence-corrected chi connectivity index (χ2v) is 6.32. The van der Waals surface area contributed by atoms with E-state index in [4.69, 9.17) is 0 Å². The minimum Gasteiger partial charge on any atom is -0.302 e. The smallest absolute Gasteiger partial charge is 0.00966 e. The molecular formula is C13H24N2. The van der Waals surface area contributed by atoms with Crippen molar-refractivity contribution in [3.63, 3.8) is 0 Å². The lowest BCUT2D eigenvalue weighted by atomic mass is 10.0. The standard InChI is InChI=1S/C13H24N2/c1-10(2)5-14-6-11-8-15(13-3-4-13)9-12(11)7-14/h10-13H,3-9H2,1-2H3. The highest BCUT2D eigenvalue weighted by Crippen LogP contribution is 2.37. The monoisotopic (exact) mass is 208 g/mol. The van der Waals surface area contributed by atoms with Crippen LogP contribution in [0.1, 0.15) is 26.7 Å². The fourth-order valence-corrected chi connectivity index (χ4v) is 3.53. The Morgan fingerprint density at radius 3 is 2.07 bits per heavy atom. The van der Waals surface area contributed by atoms with Crippen LogP contribution in [0, 0.1) is 17.8 Å². The summed E-state index contributed by atoms with van der Waals surface area (Å²) < 4.78 is 0. The first-order chi connectivity index (χ1) is 7.22. The van der Waals surface area contributed by atoms with Gasteiger partial charge in [0.25, 0.3) is 0 Å². The Labute approximate surface area is 93.6 Å². The first-order valence-corrected chi connectivity index (χ1v) is 6.69. The molecule has 15 heavy (non-hydrogen) atoms. The van der Waals surface area contributed by atoms with Crippen molar-refractivity contribution < 1.29 is 0 Å².